The van der Waals surface area contributed by atoms with Gasteiger partial charge in [0, 0.05) is 11.7 Å². The van der Waals surface area contributed by atoms with E-state index in [1.54, 1.807) is 24.3 Å². The van der Waals surface area contributed by atoms with Crippen molar-refractivity contribution in [3.8, 4) is 5.75 Å². The molecular weight excluding hydrogens is 352 g/mol. The van der Waals surface area contributed by atoms with Gasteiger partial charge < -0.3 is 15.8 Å². The molecule has 4 N–H and O–H groups in total. The number of sulfonamides is 1. The molecule has 1 unspecified atom stereocenters. The van der Waals surface area contributed by atoms with Crippen LogP contribution in [0.5, 0.6) is 5.75 Å². The molecule has 0 aromatic heterocycles. The molecule has 0 fully saturated rings. The number of ether oxygens (including phenoxy) is 1. The highest BCUT2D eigenvalue weighted by atomic mass is 32.2. The molecule has 26 heavy (non-hydrogen) atoms. The van der Waals surface area contributed by atoms with Crippen LogP contribution in [0.3, 0.4) is 0 Å². The highest BCUT2D eigenvalue weighted by Gasteiger charge is 2.04. The van der Waals surface area contributed by atoms with Crippen LogP contribution >= 0.6 is 0 Å². The molecule has 1 rings (SSSR count). The SMILES string of the molecule is CC(C)CCCC(C)NC(N)=NCCOc1ccc(NS(C)(=O)=O)cc1. The monoisotopic (exact) mass is 384 g/mol. The first kappa shape index (κ1) is 22.1. The number of anilines is 1. The van der Waals surface area contributed by atoms with Crippen LogP contribution in [0, 0.1) is 5.92 Å². The summed E-state index contributed by atoms with van der Waals surface area (Å²) >= 11 is 0. The Balaban J connectivity index is 2.28. The van der Waals surface area contributed by atoms with Crippen molar-refractivity contribution in [1.29, 1.82) is 0 Å². The molecule has 0 saturated heterocycles. The lowest BCUT2D eigenvalue weighted by atomic mass is 10.0. The summed E-state index contributed by atoms with van der Waals surface area (Å²) in [5, 5.41) is 3.19. The van der Waals surface area contributed by atoms with Gasteiger partial charge in [0.2, 0.25) is 10.0 Å². The zero-order chi connectivity index (χ0) is 19.6. The molecule has 0 aliphatic carbocycles. The van der Waals surface area contributed by atoms with Crippen LogP contribution in [0.2, 0.25) is 0 Å². The van der Waals surface area contributed by atoms with Crippen LogP contribution in [0.15, 0.2) is 29.3 Å². The fourth-order valence-electron chi connectivity index (χ4n) is 2.37. The number of rotatable bonds is 11. The summed E-state index contributed by atoms with van der Waals surface area (Å²) in [5.41, 5.74) is 6.38. The second-order valence-corrected chi connectivity index (χ2v) is 8.63. The van der Waals surface area contributed by atoms with Crippen LogP contribution in [0.4, 0.5) is 5.69 Å². The third-order valence-electron chi connectivity index (χ3n) is 3.61. The van der Waals surface area contributed by atoms with Gasteiger partial charge >= 0.3 is 0 Å². The highest BCUT2D eigenvalue weighted by Crippen LogP contribution is 2.16. The van der Waals surface area contributed by atoms with Gasteiger partial charge in [-0.1, -0.05) is 26.7 Å². The summed E-state index contributed by atoms with van der Waals surface area (Å²) in [6.07, 6.45) is 4.57. The van der Waals surface area contributed by atoms with Gasteiger partial charge in [-0.3, -0.25) is 4.72 Å². The minimum atomic E-state index is -3.27. The minimum Gasteiger partial charge on any atom is -0.492 e. The number of benzene rings is 1. The van der Waals surface area contributed by atoms with Crippen molar-refractivity contribution < 1.29 is 13.2 Å². The first-order chi connectivity index (χ1) is 12.2. The zero-order valence-electron chi connectivity index (χ0n) is 16.2. The van der Waals surface area contributed by atoms with Gasteiger partial charge in [0.05, 0.1) is 12.8 Å². The number of nitrogens with zero attached hydrogens (tertiary/aromatic N) is 1. The highest BCUT2D eigenvalue weighted by molar-refractivity contribution is 7.92. The van der Waals surface area contributed by atoms with Crippen LogP contribution in [-0.4, -0.2) is 39.8 Å². The van der Waals surface area contributed by atoms with Gasteiger partial charge in [0.1, 0.15) is 12.4 Å². The Kier molecular flexibility index (Phi) is 9.26. The Morgan fingerprint density at radius 3 is 2.42 bits per heavy atom. The minimum absolute atomic E-state index is 0.299. The Morgan fingerprint density at radius 2 is 1.85 bits per heavy atom. The van der Waals surface area contributed by atoms with Gasteiger partial charge in [-0.05, 0) is 43.5 Å². The van der Waals surface area contributed by atoms with Crippen LogP contribution in [-0.2, 0) is 10.0 Å². The van der Waals surface area contributed by atoms with Crippen molar-refractivity contribution in [3.05, 3.63) is 24.3 Å². The molecule has 0 bridgehead atoms. The van der Waals surface area contributed by atoms with E-state index in [4.69, 9.17) is 10.5 Å². The van der Waals surface area contributed by atoms with E-state index in [2.05, 4.69) is 35.8 Å². The van der Waals surface area contributed by atoms with Gasteiger partial charge in [-0.2, -0.15) is 0 Å². The molecule has 0 amide bonds. The quantitative estimate of drug-likeness (QED) is 0.309. The van der Waals surface area contributed by atoms with E-state index in [-0.39, 0.29) is 0 Å². The molecule has 0 aliphatic rings. The maximum absolute atomic E-state index is 11.1. The summed E-state index contributed by atoms with van der Waals surface area (Å²) in [5.74, 6) is 1.80. The molecule has 148 valence electrons. The average molecular weight is 385 g/mol. The molecule has 1 aromatic carbocycles. The number of nitrogens with one attached hydrogen (secondary N) is 2. The molecule has 8 heteroatoms. The Morgan fingerprint density at radius 1 is 1.19 bits per heavy atom. The van der Waals surface area contributed by atoms with Gasteiger partial charge in [0.25, 0.3) is 0 Å². The maximum Gasteiger partial charge on any atom is 0.229 e. The molecular formula is C18H32N4O3S. The normalized spacial score (nSPS) is 13.5. The molecule has 0 heterocycles. The van der Waals surface area contributed by atoms with E-state index in [0.29, 0.717) is 36.6 Å². The number of aliphatic imine (C=N–C) groups is 1. The number of hydrogen-bond acceptors (Lipinski definition) is 4. The van der Waals surface area contributed by atoms with E-state index in [0.717, 1.165) is 18.6 Å². The van der Waals surface area contributed by atoms with Crippen molar-refractivity contribution in [3.63, 3.8) is 0 Å². The maximum atomic E-state index is 11.1. The fraction of sp³-hybridized carbons (Fsp3) is 0.611. The van der Waals surface area contributed by atoms with Crippen LogP contribution in [0.25, 0.3) is 0 Å². The second kappa shape index (κ2) is 10.9. The Labute approximate surface area is 157 Å². The molecule has 0 spiro atoms. The van der Waals surface area contributed by atoms with Crippen LogP contribution in [0.1, 0.15) is 40.0 Å². The second-order valence-electron chi connectivity index (χ2n) is 6.88. The summed E-state index contributed by atoms with van der Waals surface area (Å²) in [4.78, 5) is 4.26. The predicted molar refractivity (Wildman–Crippen MR) is 108 cm³/mol. The average Bonchev–Trinajstić information content (AvgIpc) is 2.51. The zero-order valence-corrected chi connectivity index (χ0v) is 17.0. The third-order valence-corrected chi connectivity index (χ3v) is 4.22. The number of guanidine groups is 1. The Bertz CT molecular complexity index is 658. The van der Waals surface area contributed by atoms with Crippen molar-refractivity contribution in [2.24, 2.45) is 16.6 Å². The smallest absolute Gasteiger partial charge is 0.229 e. The van der Waals surface area contributed by atoms with E-state index >= 15 is 0 Å². The molecule has 0 saturated carbocycles. The van der Waals surface area contributed by atoms with E-state index in [1.165, 1.54) is 12.8 Å². The first-order valence-electron chi connectivity index (χ1n) is 8.93. The molecule has 0 aliphatic heterocycles. The van der Waals surface area contributed by atoms with Crippen LogP contribution < -0.4 is 20.5 Å². The van der Waals surface area contributed by atoms with Crippen molar-refractivity contribution in [2.75, 3.05) is 24.1 Å². The number of nitrogens with two attached hydrogens (primary N) is 1. The third kappa shape index (κ3) is 10.8. The summed E-state index contributed by atoms with van der Waals surface area (Å²) in [6, 6.07) is 7.00. The lowest BCUT2D eigenvalue weighted by Gasteiger charge is -2.15. The lowest BCUT2D eigenvalue weighted by molar-refractivity contribution is 0.328. The van der Waals surface area contributed by atoms with Crippen molar-refractivity contribution in [1.82, 2.24) is 5.32 Å². The Hall–Kier alpha value is -1.96. The van der Waals surface area contributed by atoms with Gasteiger partial charge in [-0.25, -0.2) is 13.4 Å². The standard InChI is InChI=1S/C18H32N4O3S/c1-14(2)6-5-7-15(3)21-18(19)20-12-13-25-17-10-8-16(9-11-17)22-26(4,23)24/h8-11,14-15,22H,5-7,12-13H2,1-4H3,(H3,19,20,21). The number of hydrogen-bond donors (Lipinski definition) is 3. The van der Waals surface area contributed by atoms with Crippen molar-refractivity contribution >= 4 is 21.7 Å². The first-order valence-corrected chi connectivity index (χ1v) is 10.8. The van der Waals surface area contributed by atoms with E-state index in [9.17, 15) is 8.42 Å². The summed E-state index contributed by atoms with van der Waals surface area (Å²) < 4.78 is 30.3. The topological polar surface area (TPSA) is 106 Å². The lowest BCUT2D eigenvalue weighted by Crippen LogP contribution is -2.38. The van der Waals surface area contributed by atoms with E-state index in [1.807, 2.05) is 0 Å². The summed E-state index contributed by atoms with van der Waals surface area (Å²) in [6.45, 7) is 7.39. The van der Waals surface area contributed by atoms with Crippen molar-refractivity contribution in [2.45, 2.75) is 46.1 Å². The van der Waals surface area contributed by atoms with Gasteiger partial charge in [0.15, 0.2) is 5.96 Å². The summed E-state index contributed by atoms with van der Waals surface area (Å²) in [7, 11) is -3.27. The van der Waals surface area contributed by atoms with E-state index < -0.39 is 10.0 Å². The largest absolute Gasteiger partial charge is 0.492 e. The predicted octanol–water partition coefficient (Wildman–Crippen LogP) is 2.56. The molecule has 7 nitrogen and oxygen atoms in total. The molecule has 0 radical (unpaired) electrons. The molecule has 1 aromatic rings. The fourth-order valence-corrected chi connectivity index (χ4v) is 2.93. The van der Waals surface area contributed by atoms with Gasteiger partial charge in [-0.15, -0.1) is 0 Å². The molecule has 1 atom stereocenters.